The molecule has 1 unspecified atom stereocenters. The molecule has 0 N–H and O–H groups in total. The van der Waals surface area contributed by atoms with Crippen LogP contribution in [0.5, 0.6) is 0 Å². The first kappa shape index (κ1) is 9.78. The topological polar surface area (TPSA) is 35.5 Å². The molecule has 0 aromatic rings. The normalized spacial score (nSPS) is 12.7. The maximum Gasteiger partial charge on any atom is 0.317 e. The first-order valence-electron chi connectivity index (χ1n) is 3.12. The van der Waals surface area contributed by atoms with Gasteiger partial charge >= 0.3 is 5.97 Å². The molecule has 0 rings (SSSR count). The summed E-state index contributed by atoms with van der Waals surface area (Å²) in [6.45, 7) is 4.05. The zero-order chi connectivity index (χ0) is 7.98. The quantitative estimate of drug-likeness (QED) is 0.380. The largest absolute Gasteiger partial charge is 0.435 e. The van der Waals surface area contributed by atoms with E-state index in [2.05, 4.69) is 12.6 Å². The van der Waals surface area contributed by atoms with Crippen molar-refractivity contribution >= 4 is 18.6 Å². The summed E-state index contributed by atoms with van der Waals surface area (Å²) in [7, 11) is 0. The van der Waals surface area contributed by atoms with Crippen molar-refractivity contribution < 1.29 is 14.3 Å². The Labute approximate surface area is 66.1 Å². The van der Waals surface area contributed by atoms with E-state index in [1.807, 2.05) is 6.92 Å². The molecular formula is C6H12O3S. The number of esters is 1. The first-order valence-corrected chi connectivity index (χ1v) is 3.76. The van der Waals surface area contributed by atoms with Crippen molar-refractivity contribution in [1.82, 2.24) is 0 Å². The standard InChI is InChI=1S/C6H12O3S/c1-3-8-5(2)9-6(7)4-10/h5,10H,3-4H2,1-2H3. The van der Waals surface area contributed by atoms with Crippen molar-refractivity contribution in [2.24, 2.45) is 0 Å². The summed E-state index contributed by atoms with van der Waals surface area (Å²) >= 11 is 3.73. The SMILES string of the molecule is CCOC(C)OC(=O)CS. The lowest BCUT2D eigenvalue weighted by atomic mass is 10.7. The fourth-order valence-corrected chi connectivity index (χ4v) is 0.566. The fraction of sp³-hybridized carbons (Fsp3) is 0.833. The highest BCUT2D eigenvalue weighted by Gasteiger charge is 2.05. The smallest absolute Gasteiger partial charge is 0.317 e. The summed E-state index contributed by atoms with van der Waals surface area (Å²) in [5.74, 6) is -0.262. The van der Waals surface area contributed by atoms with Gasteiger partial charge in [0.25, 0.3) is 0 Å². The van der Waals surface area contributed by atoms with Gasteiger partial charge in [-0.15, -0.1) is 0 Å². The molecule has 0 saturated heterocycles. The highest BCUT2D eigenvalue weighted by molar-refractivity contribution is 7.81. The van der Waals surface area contributed by atoms with Gasteiger partial charge in [0.15, 0.2) is 6.29 Å². The van der Waals surface area contributed by atoms with Gasteiger partial charge in [-0.1, -0.05) is 0 Å². The number of ether oxygens (including phenoxy) is 2. The lowest BCUT2D eigenvalue weighted by Gasteiger charge is -2.10. The molecule has 0 radical (unpaired) electrons. The second-order valence-corrected chi connectivity index (χ2v) is 1.99. The minimum absolute atomic E-state index is 0.0947. The van der Waals surface area contributed by atoms with E-state index in [1.165, 1.54) is 0 Å². The van der Waals surface area contributed by atoms with Gasteiger partial charge in [-0.25, -0.2) is 0 Å². The minimum atomic E-state index is -0.454. The van der Waals surface area contributed by atoms with Gasteiger partial charge in [-0.2, -0.15) is 12.6 Å². The third-order valence-electron chi connectivity index (χ3n) is 0.828. The molecule has 0 fully saturated rings. The van der Waals surface area contributed by atoms with E-state index < -0.39 is 6.29 Å². The molecule has 0 saturated carbocycles. The van der Waals surface area contributed by atoms with Crippen LogP contribution in [0.3, 0.4) is 0 Å². The molecule has 0 heterocycles. The molecule has 60 valence electrons. The van der Waals surface area contributed by atoms with Crippen molar-refractivity contribution in [3.05, 3.63) is 0 Å². The van der Waals surface area contributed by atoms with Crippen molar-refractivity contribution in [1.29, 1.82) is 0 Å². The summed E-state index contributed by atoms with van der Waals surface area (Å²) < 4.78 is 9.64. The fourth-order valence-electron chi connectivity index (χ4n) is 0.491. The lowest BCUT2D eigenvalue weighted by molar-refractivity contribution is -0.170. The molecule has 0 bridgehead atoms. The van der Waals surface area contributed by atoms with E-state index in [1.54, 1.807) is 6.92 Å². The average Bonchev–Trinajstić information content (AvgIpc) is 1.88. The van der Waals surface area contributed by atoms with E-state index in [4.69, 9.17) is 9.47 Å². The van der Waals surface area contributed by atoms with Gasteiger partial charge in [-0.05, 0) is 13.8 Å². The van der Waals surface area contributed by atoms with Crippen molar-refractivity contribution in [2.45, 2.75) is 20.1 Å². The van der Waals surface area contributed by atoms with Crippen LogP contribution in [0, 0.1) is 0 Å². The second kappa shape index (κ2) is 5.56. The Hall–Kier alpha value is -0.220. The van der Waals surface area contributed by atoms with Crippen molar-refractivity contribution in [2.75, 3.05) is 12.4 Å². The Morgan fingerprint density at radius 3 is 2.70 bits per heavy atom. The lowest BCUT2D eigenvalue weighted by Crippen LogP contribution is -2.18. The summed E-state index contributed by atoms with van der Waals surface area (Å²) in [6, 6.07) is 0. The average molecular weight is 164 g/mol. The molecule has 0 spiro atoms. The van der Waals surface area contributed by atoms with Crippen LogP contribution in [0.4, 0.5) is 0 Å². The zero-order valence-electron chi connectivity index (χ0n) is 6.16. The zero-order valence-corrected chi connectivity index (χ0v) is 7.06. The van der Waals surface area contributed by atoms with E-state index >= 15 is 0 Å². The summed E-state index contributed by atoms with van der Waals surface area (Å²) in [4.78, 5) is 10.5. The summed E-state index contributed by atoms with van der Waals surface area (Å²) in [5.41, 5.74) is 0. The summed E-state index contributed by atoms with van der Waals surface area (Å²) in [6.07, 6.45) is -0.454. The molecular weight excluding hydrogens is 152 g/mol. The van der Waals surface area contributed by atoms with Crippen LogP contribution in [-0.2, 0) is 14.3 Å². The summed E-state index contributed by atoms with van der Waals surface area (Å²) in [5, 5.41) is 0. The van der Waals surface area contributed by atoms with Crippen LogP contribution < -0.4 is 0 Å². The van der Waals surface area contributed by atoms with Crippen LogP contribution >= 0.6 is 12.6 Å². The molecule has 0 aromatic carbocycles. The Bertz CT molecular complexity index is 105. The van der Waals surface area contributed by atoms with Gasteiger partial charge in [0.2, 0.25) is 0 Å². The monoisotopic (exact) mass is 164 g/mol. The number of carbonyl (C=O) groups is 1. The molecule has 0 aliphatic carbocycles. The third-order valence-corrected chi connectivity index (χ3v) is 1.09. The van der Waals surface area contributed by atoms with E-state index in [0.29, 0.717) is 6.61 Å². The highest BCUT2D eigenvalue weighted by atomic mass is 32.1. The van der Waals surface area contributed by atoms with Gasteiger partial charge in [0.1, 0.15) is 0 Å². The van der Waals surface area contributed by atoms with Gasteiger partial charge in [0, 0.05) is 6.61 Å². The molecule has 4 heteroatoms. The number of rotatable bonds is 4. The van der Waals surface area contributed by atoms with Crippen molar-refractivity contribution in [3.8, 4) is 0 Å². The number of hydrogen-bond acceptors (Lipinski definition) is 4. The maximum atomic E-state index is 10.5. The van der Waals surface area contributed by atoms with Crippen LogP contribution in [0.2, 0.25) is 0 Å². The molecule has 3 nitrogen and oxygen atoms in total. The van der Waals surface area contributed by atoms with E-state index in [0.717, 1.165) is 0 Å². The Morgan fingerprint density at radius 2 is 2.30 bits per heavy atom. The first-order chi connectivity index (χ1) is 4.70. The number of carbonyl (C=O) groups excluding carboxylic acids is 1. The van der Waals surface area contributed by atoms with Crippen LogP contribution in [0.1, 0.15) is 13.8 Å². The molecule has 0 aromatic heterocycles. The van der Waals surface area contributed by atoms with Crippen LogP contribution in [-0.4, -0.2) is 24.6 Å². The molecule has 0 amide bonds. The van der Waals surface area contributed by atoms with Gasteiger partial charge in [-0.3, -0.25) is 4.79 Å². The highest BCUT2D eigenvalue weighted by Crippen LogP contribution is 1.94. The Morgan fingerprint density at radius 1 is 1.70 bits per heavy atom. The Balaban J connectivity index is 3.37. The predicted molar refractivity (Wildman–Crippen MR) is 41.0 cm³/mol. The minimum Gasteiger partial charge on any atom is -0.435 e. The van der Waals surface area contributed by atoms with Gasteiger partial charge < -0.3 is 9.47 Å². The third kappa shape index (κ3) is 4.64. The van der Waals surface area contributed by atoms with Gasteiger partial charge in [0.05, 0.1) is 5.75 Å². The number of hydrogen-bond donors (Lipinski definition) is 1. The molecule has 0 aliphatic heterocycles. The maximum absolute atomic E-state index is 10.5. The second-order valence-electron chi connectivity index (χ2n) is 1.67. The molecule has 1 atom stereocenters. The van der Waals surface area contributed by atoms with E-state index in [9.17, 15) is 4.79 Å². The Kier molecular flexibility index (Phi) is 5.43. The van der Waals surface area contributed by atoms with Crippen molar-refractivity contribution in [3.63, 3.8) is 0 Å². The molecule has 10 heavy (non-hydrogen) atoms. The van der Waals surface area contributed by atoms with Crippen LogP contribution in [0.15, 0.2) is 0 Å². The molecule has 0 aliphatic rings. The number of thiol groups is 1. The van der Waals surface area contributed by atoms with Crippen LogP contribution in [0.25, 0.3) is 0 Å². The van der Waals surface area contributed by atoms with E-state index in [-0.39, 0.29) is 11.7 Å². The predicted octanol–water partition coefficient (Wildman–Crippen LogP) is 0.842.